The van der Waals surface area contributed by atoms with Gasteiger partial charge in [-0.3, -0.25) is 14.4 Å². The first-order valence-corrected chi connectivity index (χ1v) is 24.7. The zero-order chi connectivity index (χ0) is 41.2. The second-order valence-corrected chi connectivity index (χ2v) is 18.1. The van der Waals surface area contributed by atoms with Gasteiger partial charge in [-0.25, -0.2) is 0 Å². The maximum absolute atomic E-state index is 12.7. The molecule has 0 aliphatic heterocycles. The normalized spacial score (nSPS) is 12.1. The van der Waals surface area contributed by atoms with Crippen LogP contribution >= 0.6 is 0 Å². The Bertz CT molecular complexity index is 854. The van der Waals surface area contributed by atoms with E-state index in [0.29, 0.717) is 19.3 Å². The molecule has 56 heavy (non-hydrogen) atoms. The minimum absolute atomic E-state index is 0.0643. The highest BCUT2D eigenvalue weighted by molar-refractivity contribution is 5.71. The number of hydrogen-bond donors (Lipinski definition) is 0. The number of unbranched alkanes of at least 4 members (excludes halogenated alkanes) is 29. The minimum Gasteiger partial charge on any atom is -0.462 e. The van der Waals surface area contributed by atoms with Crippen molar-refractivity contribution >= 4 is 17.9 Å². The summed E-state index contributed by atoms with van der Waals surface area (Å²) in [6, 6.07) is 0. The quantitative estimate of drug-likeness (QED) is 0.0347. The van der Waals surface area contributed by atoms with Crippen LogP contribution < -0.4 is 0 Å². The monoisotopic (exact) mass is 793 g/mol. The first-order valence-electron chi connectivity index (χ1n) is 24.7. The van der Waals surface area contributed by atoms with Gasteiger partial charge in [0.05, 0.1) is 0 Å². The largest absolute Gasteiger partial charge is 0.462 e. The minimum atomic E-state index is -0.761. The number of rotatable bonds is 44. The van der Waals surface area contributed by atoms with Crippen molar-refractivity contribution in [2.24, 2.45) is 11.8 Å². The Morgan fingerprint density at radius 2 is 0.589 bits per heavy atom. The molecule has 0 aliphatic rings. The second kappa shape index (κ2) is 43.0. The molecule has 0 aliphatic carbocycles. The van der Waals surface area contributed by atoms with Crippen molar-refractivity contribution in [2.75, 3.05) is 13.2 Å². The molecule has 0 N–H and O–H groups in total. The van der Waals surface area contributed by atoms with Gasteiger partial charge >= 0.3 is 17.9 Å². The van der Waals surface area contributed by atoms with E-state index < -0.39 is 6.10 Å². The summed E-state index contributed by atoms with van der Waals surface area (Å²) < 4.78 is 16.8. The number of carbonyl (C=O) groups is 3. The van der Waals surface area contributed by atoms with Gasteiger partial charge < -0.3 is 14.2 Å². The fraction of sp³-hybridized carbons (Fsp3) is 0.940. The Balaban J connectivity index is 4.33. The van der Waals surface area contributed by atoms with Crippen LogP contribution in [0.5, 0.6) is 0 Å². The summed E-state index contributed by atoms with van der Waals surface area (Å²) in [7, 11) is 0. The van der Waals surface area contributed by atoms with Crippen molar-refractivity contribution in [3.05, 3.63) is 0 Å². The summed E-state index contributed by atoms with van der Waals surface area (Å²) in [6.07, 6.45) is 42.3. The molecule has 0 saturated heterocycles. The Morgan fingerprint density at radius 3 is 0.875 bits per heavy atom. The maximum atomic E-state index is 12.7. The average molecular weight is 793 g/mol. The summed E-state index contributed by atoms with van der Waals surface area (Å²) in [5, 5.41) is 0. The third-order valence-corrected chi connectivity index (χ3v) is 11.2. The number of esters is 3. The molecule has 6 nitrogen and oxygen atoms in total. The lowest BCUT2D eigenvalue weighted by molar-refractivity contribution is -0.167. The van der Waals surface area contributed by atoms with Crippen molar-refractivity contribution in [3.8, 4) is 0 Å². The number of hydrogen-bond acceptors (Lipinski definition) is 6. The third-order valence-electron chi connectivity index (χ3n) is 11.2. The van der Waals surface area contributed by atoms with E-state index in [-0.39, 0.29) is 31.1 Å². The smallest absolute Gasteiger partial charge is 0.306 e. The third kappa shape index (κ3) is 43.5. The van der Waals surface area contributed by atoms with Gasteiger partial charge in [-0.1, -0.05) is 234 Å². The fourth-order valence-corrected chi connectivity index (χ4v) is 7.46. The highest BCUT2D eigenvalue weighted by Crippen LogP contribution is 2.17. The predicted octanol–water partition coefficient (Wildman–Crippen LogP) is 15.8. The van der Waals surface area contributed by atoms with Crippen LogP contribution in [0.25, 0.3) is 0 Å². The van der Waals surface area contributed by atoms with Gasteiger partial charge in [0.1, 0.15) is 13.2 Å². The second-order valence-electron chi connectivity index (χ2n) is 18.1. The number of ether oxygens (including phenoxy) is 3. The van der Waals surface area contributed by atoms with Crippen LogP contribution in [0.2, 0.25) is 0 Å². The molecule has 0 amide bonds. The molecule has 0 radical (unpaired) electrons. The lowest BCUT2D eigenvalue weighted by atomic mass is 10.0. The van der Waals surface area contributed by atoms with Crippen LogP contribution in [0.3, 0.4) is 0 Å². The standard InChI is InChI=1S/C50H96O6/c1-6-7-8-9-10-11-12-13-14-20-25-30-35-40-48(51)54-43-47(56-50(53)42-37-32-27-22-17-19-24-29-34-39-46(4)5)44-55-49(52)41-36-31-26-21-16-15-18-23-28-33-38-45(2)3/h45-47H,6-44H2,1-5H3/t47-/m0/s1. The lowest BCUT2D eigenvalue weighted by Crippen LogP contribution is -2.30. The summed E-state index contributed by atoms with van der Waals surface area (Å²) in [6.45, 7) is 11.3. The summed E-state index contributed by atoms with van der Waals surface area (Å²) in [4.78, 5) is 37.8. The average Bonchev–Trinajstić information content (AvgIpc) is 3.16. The molecule has 0 aromatic carbocycles. The summed E-state index contributed by atoms with van der Waals surface area (Å²) in [5.74, 6) is 0.772. The molecule has 0 aromatic heterocycles. The Kier molecular flexibility index (Phi) is 41.8. The molecule has 0 saturated carbocycles. The Labute approximate surface area is 348 Å². The van der Waals surface area contributed by atoms with E-state index in [1.807, 2.05) is 0 Å². The first kappa shape index (κ1) is 54.4. The topological polar surface area (TPSA) is 78.9 Å². The summed E-state index contributed by atoms with van der Waals surface area (Å²) in [5.41, 5.74) is 0. The maximum Gasteiger partial charge on any atom is 0.306 e. The van der Waals surface area contributed by atoms with Crippen molar-refractivity contribution < 1.29 is 28.6 Å². The van der Waals surface area contributed by atoms with Crippen molar-refractivity contribution in [1.82, 2.24) is 0 Å². The van der Waals surface area contributed by atoms with Gasteiger partial charge in [0.2, 0.25) is 0 Å². The van der Waals surface area contributed by atoms with Gasteiger partial charge in [-0.15, -0.1) is 0 Å². The van der Waals surface area contributed by atoms with E-state index in [1.165, 1.54) is 161 Å². The predicted molar refractivity (Wildman–Crippen MR) is 238 cm³/mol. The fourth-order valence-electron chi connectivity index (χ4n) is 7.46. The van der Waals surface area contributed by atoms with Crippen molar-refractivity contribution in [3.63, 3.8) is 0 Å². The molecule has 0 rings (SSSR count). The van der Waals surface area contributed by atoms with Crippen LogP contribution in [0.1, 0.15) is 272 Å². The molecule has 1 atom stereocenters. The zero-order valence-corrected chi connectivity index (χ0v) is 38.3. The van der Waals surface area contributed by atoms with Crippen molar-refractivity contribution in [2.45, 2.75) is 278 Å². The lowest BCUT2D eigenvalue weighted by Gasteiger charge is -2.18. The van der Waals surface area contributed by atoms with E-state index in [4.69, 9.17) is 14.2 Å². The summed E-state index contributed by atoms with van der Waals surface area (Å²) >= 11 is 0. The molecule has 0 spiro atoms. The number of carbonyl (C=O) groups excluding carboxylic acids is 3. The first-order chi connectivity index (χ1) is 27.2. The van der Waals surface area contributed by atoms with Gasteiger partial charge in [-0.2, -0.15) is 0 Å². The van der Waals surface area contributed by atoms with Crippen LogP contribution in [0, 0.1) is 11.8 Å². The van der Waals surface area contributed by atoms with E-state index in [9.17, 15) is 14.4 Å². The van der Waals surface area contributed by atoms with Gasteiger partial charge in [-0.05, 0) is 31.1 Å². The van der Waals surface area contributed by atoms with Crippen LogP contribution in [-0.2, 0) is 28.6 Å². The molecule has 332 valence electrons. The van der Waals surface area contributed by atoms with Crippen molar-refractivity contribution in [1.29, 1.82) is 0 Å². The SMILES string of the molecule is CCCCCCCCCCCCCCCC(=O)OC[C@@H](COC(=O)CCCCCCCCCCCCC(C)C)OC(=O)CCCCCCCCCCCC(C)C. The molecular formula is C50H96O6. The van der Waals surface area contributed by atoms with Crippen LogP contribution in [0.15, 0.2) is 0 Å². The molecular weight excluding hydrogens is 697 g/mol. The molecule has 0 unspecified atom stereocenters. The van der Waals surface area contributed by atoms with Gasteiger partial charge in [0.25, 0.3) is 0 Å². The van der Waals surface area contributed by atoms with Crippen LogP contribution in [0.4, 0.5) is 0 Å². The van der Waals surface area contributed by atoms with Crippen LogP contribution in [-0.4, -0.2) is 37.2 Å². The molecule has 0 heterocycles. The molecule has 0 bridgehead atoms. The van der Waals surface area contributed by atoms with Gasteiger partial charge in [0.15, 0.2) is 6.10 Å². The van der Waals surface area contributed by atoms with Gasteiger partial charge in [0, 0.05) is 19.3 Å². The zero-order valence-electron chi connectivity index (χ0n) is 38.3. The highest BCUT2D eigenvalue weighted by atomic mass is 16.6. The Hall–Kier alpha value is -1.59. The molecule has 6 heteroatoms. The molecule has 0 aromatic rings. The highest BCUT2D eigenvalue weighted by Gasteiger charge is 2.19. The molecule has 0 fully saturated rings. The van der Waals surface area contributed by atoms with E-state index in [0.717, 1.165) is 69.6 Å². The Morgan fingerprint density at radius 1 is 0.339 bits per heavy atom. The van der Waals surface area contributed by atoms with E-state index in [2.05, 4.69) is 34.6 Å². The van der Waals surface area contributed by atoms with E-state index >= 15 is 0 Å². The van der Waals surface area contributed by atoms with E-state index in [1.54, 1.807) is 0 Å².